The molecule has 0 saturated carbocycles. The summed E-state index contributed by atoms with van der Waals surface area (Å²) in [7, 11) is 0. The average molecular weight is 495 g/mol. The van der Waals surface area contributed by atoms with Crippen LogP contribution in [0.15, 0.2) is 6.99 Å². The zero-order valence-corrected chi connectivity index (χ0v) is 24.3. The zero-order chi connectivity index (χ0) is 23.7. The normalized spacial score (nSPS) is 11.7. The van der Waals surface area contributed by atoms with Gasteiger partial charge < -0.3 is 10.6 Å². The molecular formula is C24H54MoN4. The van der Waals surface area contributed by atoms with Gasteiger partial charge in [-0.25, -0.2) is 0 Å². The first-order valence-electron chi connectivity index (χ1n) is 11.5. The molecule has 0 aromatic rings. The molecule has 0 bridgehead atoms. The minimum atomic E-state index is -0.492. The Morgan fingerprint density at radius 3 is 1.03 bits per heavy atom. The van der Waals surface area contributed by atoms with Gasteiger partial charge in [0, 0.05) is 0 Å². The van der Waals surface area contributed by atoms with Gasteiger partial charge in [-0.2, -0.15) is 0 Å². The summed E-state index contributed by atoms with van der Waals surface area (Å²) in [6.45, 7) is 32.3. The van der Waals surface area contributed by atoms with Crippen molar-refractivity contribution in [3.8, 4) is 0 Å². The first-order chi connectivity index (χ1) is 13.1. The van der Waals surface area contributed by atoms with Crippen LogP contribution in [0, 0.1) is 11.8 Å². The number of nitrogens with zero attached hydrogens (tertiary/aromatic N) is 4. The van der Waals surface area contributed by atoms with E-state index in [1.807, 2.05) is 0 Å². The van der Waals surface area contributed by atoms with Crippen LogP contribution in [0.3, 0.4) is 0 Å². The molecule has 0 unspecified atom stereocenters. The van der Waals surface area contributed by atoms with Gasteiger partial charge >= 0.3 is 90.7 Å². The summed E-state index contributed by atoms with van der Waals surface area (Å²) in [6.07, 6.45) is 2.22. The van der Waals surface area contributed by atoms with Crippen LogP contribution in [0.5, 0.6) is 0 Å². The van der Waals surface area contributed by atoms with Crippen LogP contribution in [-0.4, -0.2) is 36.3 Å². The molecule has 0 saturated heterocycles. The maximum absolute atomic E-state index is 4.67. The summed E-state index contributed by atoms with van der Waals surface area (Å²) in [5, 5.41) is 8.65. The molecule has 0 N–H and O–H groups in total. The van der Waals surface area contributed by atoms with Gasteiger partial charge in [0.05, 0.1) is 0 Å². The predicted octanol–water partition coefficient (Wildman–Crippen LogP) is 8.66. The van der Waals surface area contributed by atoms with E-state index in [-0.39, 0.29) is 11.1 Å². The molecule has 0 aromatic carbocycles. The van der Waals surface area contributed by atoms with Gasteiger partial charge in [-0.05, 0) is 0 Å². The van der Waals surface area contributed by atoms with Crippen molar-refractivity contribution in [1.29, 1.82) is 0 Å². The molecular weight excluding hydrogens is 440 g/mol. The molecule has 0 amide bonds. The summed E-state index contributed by atoms with van der Waals surface area (Å²) >= 11 is -0.492. The number of hydrogen-bond acceptors (Lipinski definition) is 2. The summed E-state index contributed by atoms with van der Waals surface area (Å²) in [6, 6.07) is 1.02. The first kappa shape index (κ1) is 33.8. The fourth-order valence-electron chi connectivity index (χ4n) is 1.21. The fraction of sp³-hybridized carbons (Fsp3) is 1.00. The van der Waals surface area contributed by atoms with E-state index in [1.165, 1.54) is 0 Å². The Labute approximate surface area is 193 Å². The standard InChI is InChI=1S/2C7H16N.2C5H11N.Mo/c2*1-6(2)5-8-7(3)4;2*1-4-5(2,3)6;/h2*6-7H,5H2,1-4H3;2*4H2,1-3H3;/q2*-1;;;+2. The third-order valence-corrected chi connectivity index (χ3v) is 6.81. The molecule has 0 atom stereocenters. The molecule has 0 aliphatic heterocycles. The van der Waals surface area contributed by atoms with Crippen LogP contribution in [0.25, 0.3) is 10.6 Å². The minimum absolute atomic E-state index is 0.148. The topological polar surface area (TPSA) is 52.9 Å². The van der Waals surface area contributed by atoms with Crippen LogP contribution in [-0.2, 0) is 18.2 Å². The van der Waals surface area contributed by atoms with E-state index >= 15 is 0 Å². The Morgan fingerprint density at radius 1 is 0.621 bits per heavy atom. The summed E-state index contributed by atoms with van der Waals surface area (Å²) in [5.74, 6) is 1.44. The van der Waals surface area contributed by atoms with Crippen LogP contribution in [0.4, 0.5) is 0 Å². The first-order valence-corrected chi connectivity index (χ1v) is 13.3. The van der Waals surface area contributed by atoms with E-state index in [2.05, 4.69) is 115 Å². The van der Waals surface area contributed by atoms with Crippen molar-refractivity contribution in [2.24, 2.45) is 18.8 Å². The Balaban J connectivity index is -0.000000368. The van der Waals surface area contributed by atoms with E-state index in [4.69, 9.17) is 0 Å². The molecule has 0 radical (unpaired) electrons. The molecule has 0 rings (SSSR count). The monoisotopic (exact) mass is 496 g/mol. The van der Waals surface area contributed by atoms with Gasteiger partial charge in [0.1, 0.15) is 0 Å². The van der Waals surface area contributed by atoms with Crippen LogP contribution in [0.1, 0.15) is 110 Å². The summed E-state index contributed by atoms with van der Waals surface area (Å²) in [4.78, 5) is 0. The number of hydrogen-bond donors (Lipinski definition) is 0. The molecule has 0 aliphatic carbocycles. The summed E-state index contributed by atoms with van der Waals surface area (Å²) < 4.78 is 9.34. The molecule has 5 heteroatoms. The Morgan fingerprint density at radius 2 is 0.897 bits per heavy atom. The van der Waals surface area contributed by atoms with Crippen molar-refractivity contribution >= 4 is 0 Å². The van der Waals surface area contributed by atoms with Gasteiger partial charge in [0.15, 0.2) is 0 Å². The Hall–Kier alpha value is 0.208. The van der Waals surface area contributed by atoms with Gasteiger partial charge in [-0.15, -0.1) is 25.2 Å². The Kier molecular flexibility index (Phi) is 22.1. The van der Waals surface area contributed by atoms with E-state index < -0.39 is 18.2 Å². The van der Waals surface area contributed by atoms with Crippen molar-refractivity contribution in [3.63, 3.8) is 0 Å². The summed E-state index contributed by atoms with van der Waals surface area (Å²) in [5.41, 5.74) is 0.297. The van der Waals surface area contributed by atoms with E-state index in [0.717, 1.165) is 37.8 Å². The fourth-order valence-corrected chi connectivity index (χ4v) is 3.04. The van der Waals surface area contributed by atoms with Crippen molar-refractivity contribution in [2.75, 3.05) is 13.1 Å². The SMILES string of the molecule is CC(C)C[N-]C(C)C.CC(C)C[N-]C(C)C.CCC(C)(C)[N]=[Mo+2]=[N]C(C)(C)CC. The molecule has 0 heterocycles. The van der Waals surface area contributed by atoms with Gasteiger partial charge in [-0.1, -0.05) is 67.2 Å². The maximum atomic E-state index is 4.67. The predicted molar refractivity (Wildman–Crippen MR) is 130 cm³/mol. The second-order valence-corrected chi connectivity index (χ2v) is 11.6. The van der Waals surface area contributed by atoms with E-state index in [9.17, 15) is 0 Å². The van der Waals surface area contributed by atoms with Crippen molar-refractivity contribution in [3.05, 3.63) is 10.6 Å². The molecule has 0 aromatic heterocycles. The van der Waals surface area contributed by atoms with E-state index in [1.54, 1.807) is 0 Å². The molecule has 0 spiro atoms. The van der Waals surface area contributed by atoms with Gasteiger partial charge in [-0.3, -0.25) is 0 Å². The molecule has 4 nitrogen and oxygen atoms in total. The van der Waals surface area contributed by atoms with Crippen LogP contribution < -0.4 is 0 Å². The molecule has 0 fully saturated rings. The second kappa shape index (κ2) is 18.9. The quantitative estimate of drug-likeness (QED) is 0.273. The Bertz CT molecular complexity index is 369. The zero-order valence-electron chi connectivity index (χ0n) is 22.3. The third kappa shape index (κ3) is 33.1. The van der Waals surface area contributed by atoms with Gasteiger partial charge in [0.2, 0.25) is 0 Å². The molecule has 0 aliphatic rings. The van der Waals surface area contributed by atoms with Gasteiger partial charge in [0.25, 0.3) is 0 Å². The number of rotatable bonds is 10. The third-order valence-electron chi connectivity index (χ3n) is 3.98. The van der Waals surface area contributed by atoms with E-state index in [0.29, 0.717) is 12.1 Å². The molecule has 29 heavy (non-hydrogen) atoms. The second-order valence-electron chi connectivity index (χ2n) is 10.3. The van der Waals surface area contributed by atoms with Crippen LogP contribution in [0.2, 0.25) is 0 Å². The van der Waals surface area contributed by atoms with Crippen molar-refractivity contribution in [1.82, 2.24) is 0 Å². The van der Waals surface area contributed by atoms with Crippen molar-refractivity contribution < 1.29 is 18.2 Å². The molecule has 176 valence electrons. The van der Waals surface area contributed by atoms with Crippen LogP contribution >= 0.6 is 0 Å². The average Bonchev–Trinajstić information content (AvgIpc) is 2.59. The van der Waals surface area contributed by atoms with Crippen molar-refractivity contribution in [2.45, 2.75) is 133 Å².